The topological polar surface area (TPSA) is 87.1 Å². The molecule has 1 atom stereocenters. The molecule has 0 aliphatic rings. The Kier molecular flexibility index (Phi) is 3.84. The van der Waals surface area contributed by atoms with Crippen molar-refractivity contribution in [3.63, 3.8) is 0 Å². The van der Waals surface area contributed by atoms with Crippen LogP contribution in [0.2, 0.25) is 0 Å². The minimum atomic E-state index is -1.05. The fourth-order valence-corrected chi connectivity index (χ4v) is 2.03. The van der Waals surface area contributed by atoms with Crippen molar-refractivity contribution in [2.45, 2.75) is 19.9 Å². The summed E-state index contributed by atoms with van der Waals surface area (Å²) in [5.41, 5.74) is 0. The van der Waals surface area contributed by atoms with Crippen molar-refractivity contribution in [2.24, 2.45) is 5.92 Å². The Bertz CT molecular complexity index is 339. The van der Waals surface area contributed by atoms with E-state index in [0.717, 1.165) is 0 Å². The SMILES string of the molecule is CNc1nnc([C@H](NC(=O)O)C(C)C)s1. The highest BCUT2D eigenvalue weighted by atomic mass is 32.1. The zero-order chi connectivity index (χ0) is 11.4. The second-order valence-electron chi connectivity index (χ2n) is 3.37. The van der Waals surface area contributed by atoms with Gasteiger partial charge in [-0.05, 0) is 5.92 Å². The van der Waals surface area contributed by atoms with E-state index < -0.39 is 6.09 Å². The number of aromatic nitrogens is 2. The summed E-state index contributed by atoms with van der Waals surface area (Å²) in [5.74, 6) is 0.138. The molecule has 1 aromatic heterocycles. The summed E-state index contributed by atoms with van der Waals surface area (Å²) in [5, 5.41) is 23.2. The van der Waals surface area contributed by atoms with Gasteiger partial charge in [-0.2, -0.15) is 0 Å². The van der Waals surface area contributed by atoms with E-state index in [-0.39, 0.29) is 12.0 Å². The number of carboxylic acid groups (broad SMARTS) is 1. The second-order valence-corrected chi connectivity index (χ2v) is 4.38. The molecule has 1 heterocycles. The minimum Gasteiger partial charge on any atom is -0.465 e. The van der Waals surface area contributed by atoms with E-state index in [1.807, 2.05) is 13.8 Å². The van der Waals surface area contributed by atoms with E-state index in [1.54, 1.807) is 7.05 Å². The molecule has 3 N–H and O–H groups in total. The van der Waals surface area contributed by atoms with Crippen molar-refractivity contribution >= 4 is 22.6 Å². The summed E-state index contributed by atoms with van der Waals surface area (Å²) in [6, 6.07) is -0.304. The van der Waals surface area contributed by atoms with Crippen molar-refractivity contribution in [3.05, 3.63) is 5.01 Å². The molecule has 0 bridgehead atoms. The molecule has 84 valence electrons. The fraction of sp³-hybridized carbons (Fsp3) is 0.625. The van der Waals surface area contributed by atoms with Crippen LogP contribution in [0.3, 0.4) is 0 Å². The molecule has 0 aliphatic carbocycles. The molecule has 0 aromatic carbocycles. The summed E-state index contributed by atoms with van der Waals surface area (Å²) in [4.78, 5) is 10.6. The van der Waals surface area contributed by atoms with Crippen molar-refractivity contribution in [2.75, 3.05) is 12.4 Å². The normalized spacial score (nSPS) is 12.5. The molecule has 15 heavy (non-hydrogen) atoms. The molecule has 0 saturated carbocycles. The number of hydrogen-bond donors (Lipinski definition) is 3. The smallest absolute Gasteiger partial charge is 0.405 e. The molecular formula is C8H14N4O2S. The highest BCUT2D eigenvalue weighted by Gasteiger charge is 2.21. The van der Waals surface area contributed by atoms with Gasteiger partial charge in [0.15, 0.2) is 0 Å². The molecule has 0 radical (unpaired) electrons. The highest BCUT2D eigenvalue weighted by Crippen LogP contribution is 2.26. The zero-order valence-electron chi connectivity index (χ0n) is 8.81. The molecule has 0 unspecified atom stereocenters. The van der Waals surface area contributed by atoms with Crippen LogP contribution in [0.25, 0.3) is 0 Å². The molecule has 6 nitrogen and oxygen atoms in total. The number of anilines is 1. The average molecular weight is 230 g/mol. The second kappa shape index (κ2) is 4.92. The fourth-order valence-electron chi connectivity index (χ4n) is 1.11. The largest absolute Gasteiger partial charge is 0.465 e. The third-order valence-electron chi connectivity index (χ3n) is 1.87. The van der Waals surface area contributed by atoms with Crippen LogP contribution < -0.4 is 10.6 Å². The first-order chi connectivity index (χ1) is 7.04. The first-order valence-corrected chi connectivity index (χ1v) is 5.37. The van der Waals surface area contributed by atoms with Crippen LogP contribution in [0.15, 0.2) is 0 Å². The Hall–Kier alpha value is -1.37. The molecule has 0 aliphatic heterocycles. The number of amides is 1. The van der Waals surface area contributed by atoms with E-state index >= 15 is 0 Å². The van der Waals surface area contributed by atoms with Crippen molar-refractivity contribution < 1.29 is 9.90 Å². The molecule has 1 amide bonds. The van der Waals surface area contributed by atoms with Crippen LogP contribution >= 0.6 is 11.3 Å². The molecule has 0 spiro atoms. The van der Waals surface area contributed by atoms with E-state index in [1.165, 1.54) is 11.3 Å². The first-order valence-electron chi connectivity index (χ1n) is 4.55. The lowest BCUT2D eigenvalue weighted by Gasteiger charge is -2.17. The lowest BCUT2D eigenvalue weighted by atomic mass is 10.1. The Morgan fingerprint density at radius 1 is 1.47 bits per heavy atom. The van der Waals surface area contributed by atoms with Crippen molar-refractivity contribution in [1.29, 1.82) is 0 Å². The Labute approximate surface area is 91.7 Å². The molecular weight excluding hydrogens is 216 g/mol. The predicted octanol–water partition coefficient (Wildman–Crippen LogP) is 1.54. The number of nitrogens with zero attached hydrogens (tertiary/aromatic N) is 2. The van der Waals surface area contributed by atoms with E-state index in [0.29, 0.717) is 10.1 Å². The van der Waals surface area contributed by atoms with Gasteiger partial charge < -0.3 is 15.7 Å². The van der Waals surface area contributed by atoms with Crippen molar-refractivity contribution in [1.82, 2.24) is 15.5 Å². The maximum Gasteiger partial charge on any atom is 0.405 e. The summed E-state index contributed by atoms with van der Waals surface area (Å²) in [7, 11) is 1.75. The molecule has 0 saturated heterocycles. The lowest BCUT2D eigenvalue weighted by molar-refractivity contribution is 0.186. The number of hydrogen-bond acceptors (Lipinski definition) is 5. The Morgan fingerprint density at radius 3 is 2.53 bits per heavy atom. The first kappa shape index (κ1) is 11.7. The van der Waals surface area contributed by atoms with Crippen LogP contribution in [-0.4, -0.2) is 28.4 Å². The summed E-state index contributed by atoms with van der Waals surface area (Å²) >= 11 is 1.35. The van der Waals surface area contributed by atoms with Gasteiger partial charge in [-0.25, -0.2) is 4.79 Å². The van der Waals surface area contributed by atoms with E-state index in [9.17, 15) is 4.79 Å². The molecule has 0 fully saturated rings. The average Bonchev–Trinajstić information content (AvgIpc) is 2.61. The minimum absolute atomic E-state index is 0.138. The third kappa shape index (κ3) is 3.05. The van der Waals surface area contributed by atoms with Crippen LogP contribution in [-0.2, 0) is 0 Å². The molecule has 1 rings (SSSR count). The van der Waals surface area contributed by atoms with Gasteiger partial charge in [0.25, 0.3) is 0 Å². The van der Waals surface area contributed by atoms with Gasteiger partial charge in [-0.15, -0.1) is 10.2 Å². The molecule has 7 heteroatoms. The molecule has 1 aromatic rings. The monoisotopic (exact) mass is 230 g/mol. The number of rotatable bonds is 4. The predicted molar refractivity (Wildman–Crippen MR) is 58.2 cm³/mol. The maximum absolute atomic E-state index is 10.6. The maximum atomic E-state index is 10.6. The van der Waals surface area contributed by atoms with Gasteiger partial charge in [0.2, 0.25) is 5.13 Å². The number of carbonyl (C=O) groups is 1. The van der Waals surface area contributed by atoms with Gasteiger partial charge >= 0.3 is 6.09 Å². The van der Waals surface area contributed by atoms with E-state index in [4.69, 9.17) is 5.11 Å². The lowest BCUT2D eigenvalue weighted by Crippen LogP contribution is -2.30. The van der Waals surface area contributed by atoms with Crippen LogP contribution in [0.1, 0.15) is 24.9 Å². The standard InChI is InChI=1S/C8H14N4O2S/c1-4(2)5(10-8(13)14)6-11-12-7(9-3)15-6/h4-5,10H,1-3H3,(H,9,12)(H,13,14)/t5-/m1/s1. The quantitative estimate of drug-likeness (QED) is 0.730. The van der Waals surface area contributed by atoms with E-state index in [2.05, 4.69) is 20.8 Å². The zero-order valence-corrected chi connectivity index (χ0v) is 9.63. The van der Waals surface area contributed by atoms with Crippen LogP contribution in [0, 0.1) is 5.92 Å². The van der Waals surface area contributed by atoms with Gasteiger partial charge in [-0.3, -0.25) is 0 Å². The van der Waals surface area contributed by atoms with Gasteiger partial charge in [0, 0.05) is 7.05 Å². The summed E-state index contributed by atoms with van der Waals surface area (Å²) in [6.07, 6.45) is -1.05. The Morgan fingerprint density at radius 2 is 2.13 bits per heavy atom. The van der Waals surface area contributed by atoms with Gasteiger partial charge in [-0.1, -0.05) is 25.2 Å². The van der Waals surface area contributed by atoms with Gasteiger partial charge in [0.05, 0.1) is 6.04 Å². The van der Waals surface area contributed by atoms with Crippen LogP contribution in [0.4, 0.5) is 9.93 Å². The Balaban J connectivity index is 2.83. The third-order valence-corrected chi connectivity index (χ3v) is 2.89. The number of nitrogens with one attached hydrogen (secondary N) is 2. The van der Waals surface area contributed by atoms with Gasteiger partial charge in [0.1, 0.15) is 5.01 Å². The summed E-state index contributed by atoms with van der Waals surface area (Å²) < 4.78 is 0. The highest BCUT2D eigenvalue weighted by molar-refractivity contribution is 7.15. The summed E-state index contributed by atoms with van der Waals surface area (Å²) in [6.45, 7) is 3.86. The van der Waals surface area contributed by atoms with Crippen LogP contribution in [0.5, 0.6) is 0 Å². The van der Waals surface area contributed by atoms with Crippen molar-refractivity contribution in [3.8, 4) is 0 Å².